The molecule has 0 aliphatic rings. The van der Waals surface area contributed by atoms with Gasteiger partial charge < -0.3 is 10.0 Å². The Kier molecular flexibility index (Phi) is 4.03. The summed E-state index contributed by atoms with van der Waals surface area (Å²) >= 11 is 0. The zero-order valence-corrected chi connectivity index (χ0v) is 8.97. The predicted molar refractivity (Wildman–Crippen MR) is 57.2 cm³/mol. The van der Waals surface area contributed by atoms with Crippen molar-refractivity contribution in [1.29, 1.82) is 0 Å². The molecule has 1 aromatic heterocycles. The SMILES string of the molecule is CCCN(CC)c1cnc(C(=O)O)cn1. The largest absolute Gasteiger partial charge is 0.476 e. The van der Waals surface area contributed by atoms with E-state index in [-0.39, 0.29) is 5.69 Å². The number of nitrogens with zero attached hydrogens (tertiary/aromatic N) is 3. The first kappa shape index (κ1) is 11.4. The highest BCUT2D eigenvalue weighted by Crippen LogP contribution is 2.08. The van der Waals surface area contributed by atoms with Crippen molar-refractivity contribution in [3.8, 4) is 0 Å². The van der Waals surface area contributed by atoms with Crippen molar-refractivity contribution >= 4 is 11.8 Å². The highest BCUT2D eigenvalue weighted by Gasteiger charge is 2.08. The smallest absolute Gasteiger partial charge is 0.356 e. The molecule has 1 heterocycles. The van der Waals surface area contributed by atoms with Gasteiger partial charge in [-0.3, -0.25) is 0 Å². The molecule has 0 atom stereocenters. The molecule has 0 aliphatic heterocycles. The second-order valence-corrected chi connectivity index (χ2v) is 3.14. The molecule has 5 nitrogen and oxygen atoms in total. The molecule has 0 aliphatic carbocycles. The Morgan fingerprint density at radius 2 is 2.13 bits per heavy atom. The van der Waals surface area contributed by atoms with E-state index in [0.29, 0.717) is 0 Å². The molecule has 1 aromatic rings. The highest BCUT2D eigenvalue weighted by atomic mass is 16.4. The molecule has 0 fully saturated rings. The van der Waals surface area contributed by atoms with E-state index >= 15 is 0 Å². The van der Waals surface area contributed by atoms with Crippen LogP contribution in [0.3, 0.4) is 0 Å². The Morgan fingerprint density at radius 3 is 2.53 bits per heavy atom. The Balaban J connectivity index is 2.81. The molecule has 1 N–H and O–H groups in total. The summed E-state index contributed by atoms with van der Waals surface area (Å²) in [6, 6.07) is 0. The molecule has 0 radical (unpaired) electrons. The quantitative estimate of drug-likeness (QED) is 0.794. The molecule has 5 heteroatoms. The molecule has 0 saturated heterocycles. The number of hydrogen-bond acceptors (Lipinski definition) is 4. The van der Waals surface area contributed by atoms with Crippen LogP contribution in [0.25, 0.3) is 0 Å². The van der Waals surface area contributed by atoms with Gasteiger partial charge in [-0.2, -0.15) is 0 Å². The third-order valence-corrected chi connectivity index (χ3v) is 2.06. The van der Waals surface area contributed by atoms with E-state index in [1.807, 2.05) is 6.92 Å². The van der Waals surface area contributed by atoms with Crippen molar-refractivity contribution in [3.63, 3.8) is 0 Å². The molecule has 0 spiro atoms. The van der Waals surface area contributed by atoms with Gasteiger partial charge >= 0.3 is 5.97 Å². The molecular weight excluding hydrogens is 194 g/mol. The van der Waals surface area contributed by atoms with Gasteiger partial charge in [0.05, 0.1) is 12.4 Å². The van der Waals surface area contributed by atoms with Crippen molar-refractivity contribution in [2.45, 2.75) is 20.3 Å². The zero-order valence-electron chi connectivity index (χ0n) is 8.97. The van der Waals surface area contributed by atoms with Crippen LogP contribution in [-0.2, 0) is 0 Å². The molecule has 0 saturated carbocycles. The van der Waals surface area contributed by atoms with Crippen LogP contribution >= 0.6 is 0 Å². The van der Waals surface area contributed by atoms with E-state index in [1.54, 1.807) is 0 Å². The maximum atomic E-state index is 10.6. The lowest BCUT2D eigenvalue weighted by Crippen LogP contribution is -2.24. The monoisotopic (exact) mass is 209 g/mol. The minimum atomic E-state index is -1.05. The number of aromatic nitrogens is 2. The van der Waals surface area contributed by atoms with Crippen LogP contribution in [0.15, 0.2) is 12.4 Å². The summed E-state index contributed by atoms with van der Waals surface area (Å²) in [5, 5.41) is 8.66. The van der Waals surface area contributed by atoms with Gasteiger partial charge in [0.1, 0.15) is 5.82 Å². The molecule has 15 heavy (non-hydrogen) atoms. The lowest BCUT2D eigenvalue weighted by Gasteiger charge is -2.20. The summed E-state index contributed by atoms with van der Waals surface area (Å²) in [6.45, 7) is 5.86. The number of rotatable bonds is 5. The third-order valence-electron chi connectivity index (χ3n) is 2.06. The normalized spacial score (nSPS) is 10.0. The minimum absolute atomic E-state index is 0.0219. The fraction of sp³-hybridized carbons (Fsp3) is 0.500. The second-order valence-electron chi connectivity index (χ2n) is 3.14. The first-order valence-corrected chi connectivity index (χ1v) is 4.99. The van der Waals surface area contributed by atoms with Gasteiger partial charge in [-0.1, -0.05) is 6.92 Å². The summed E-state index contributed by atoms with van der Waals surface area (Å²) in [5.41, 5.74) is -0.0219. The van der Waals surface area contributed by atoms with E-state index < -0.39 is 5.97 Å². The topological polar surface area (TPSA) is 66.3 Å². The lowest BCUT2D eigenvalue weighted by molar-refractivity contribution is 0.0690. The van der Waals surface area contributed by atoms with E-state index in [4.69, 9.17) is 5.11 Å². The van der Waals surface area contributed by atoms with Crippen LogP contribution in [0.4, 0.5) is 5.82 Å². The Hall–Kier alpha value is -1.65. The number of anilines is 1. The van der Waals surface area contributed by atoms with Crippen molar-refractivity contribution in [2.75, 3.05) is 18.0 Å². The predicted octanol–water partition coefficient (Wildman–Crippen LogP) is 1.41. The minimum Gasteiger partial charge on any atom is -0.476 e. The first-order chi connectivity index (χ1) is 7.19. The van der Waals surface area contributed by atoms with Gasteiger partial charge in [-0.05, 0) is 13.3 Å². The summed E-state index contributed by atoms with van der Waals surface area (Å²) in [6.07, 6.45) is 3.81. The molecular formula is C10H15N3O2. The zero-order chi connectivity index (χ0) is 11.3. The van der Waals surface area contributed by atoms with Crippen LogP contribution in [0.5, 0.6) is 0 Å². The van der Waals surface area contributed by atoms with E-state index in [1.165, 1.54) is 12.4 Å². The Morgan fingerprint density at radius 1 is 1.40 bits per heavy atom. The third kappa shape index (κ3) is 2.90. The average molecular weight is 209 g/mol. The van der Waals surface area contributed by atoms with Crippen molar-refractivity contribution in [1.82, 2.24) is 9.97 Å². The van der Waals surface area contributed by atoms with E-state index in [2.05, 4.69) is 21.8 Å². The number of hydrogen-bond donors (Lipinski definition) is 1. The van der Waals surface area contributed by atoms with Gasteiger partial charge in [0.2, 0.25) is 0 Å². The molecule has 0 bridgehead atoms. The van der Waals surface area contributed by atoms with Crippen molar-refractivity contribution < 1.29 is 9.90 Å². The Bertz CT molecular complexity index is 324. The standard InChI is InChI=1S/C10H15N3O2/c1-3-5-13(4-2)9-7-11-8(6-12-9)10(14)15/h6-7H,3-5H2,1-2H3,(H,14,15). The van der Waals surface area contributed by atoms with Gasteiger partial charge in [0, 0.05) is 13.1 Å². The highest BCUT2D eigenvalue weighted by molar-refractivity contribution is 5.84. The molecule has 0 aromatic carbocycles. The second kappa shape index (κ2) is 5.29. The Labute approximate surface area is 88.8 Å². The summed E-state index contributed by atoms with van der Waals surface area (Å²) in [5.74, 6) is -0.322. The number of carboxylic acid groups (broad SMARTS) is 1. The summed E-state index contributed by atoms with van der Waals surface area (Å²) < 4.78 is 0. The number of aromatic carboxylic acids is 1. The first-order valence-electron chi connectivity index (χ1n) is 4.99. The number of carboxylic acids is 1. The van der Waals surface area contributed by atoms with E-state index in [9.17, 15) is 4.79 Å². The van der Waals surface area contributed by atoms with Crippen molar-refractivity contribution in [2.24, 2.45) is 0 Å². The molecule has 82 valence electrons. The van der Waals surface area contributed by atoms with Gasteiger partial charge in [-0.25, -0.2) is 14.8 Å². The van der Waals surface area contributed by atoms with Crippen LogP contribution in [-0.4, -0.2) is 34.1 Å². The average Bonchev–Trinajstić information content (AvgIpc) is 2.26. The maximum Gasteiger partial charge on any atom is 0.356 e. The number of carbonyl (C=O) groups is 1. The van der Waals surface area contributed by atoms with Gasteiger partial charge in [0.15, 0.2) is 5.69 Å². The summed E-state index contributed by atoms with van der Waals surface area (Å²) in [4.78, 5) is 20.5. The molecule has 0 unspecified atom stereocenters. The van der Waals surface area contributed by atoms with Crippen LogP contribution < -0.4 is 4.90 Å². The maximum absolute atomic E-state index is 10.6. The molecule has 1 rings (SSSR count). The van der Waals surface area contributed by atoms with Gasteiger partial charge in [0.25, 0.3) is 0 Å². The lowest BCUT2D eigenvalue weighted by atomic mass is 10.4. The fourth-order valence-corrected chi connectivity index (χ4v) is 1.30. The fourth-order valence-electron chi connectivity index (χ4n) is 1.30. The summed E-state index contributed by atoms with van der Waals surface area (Å²) in [7, 11) is 0. The van der Waals surface area contributed by atoms with Crippen LogP contribution in [0, 0.1) is 0 Å². The van der Waals surface area contributed by atoms with Crippen LogP contribution in [0.1, 0.15) is 30.8 Å². The van der Waals surface area contributed by atoms with Crippen LogP contribution in [0.2, 0.25) is 0 Å². The van der Waals surface area contributed by atoms with Gasteiger partial charge in [-0.15, -0.1) is 0 Å². The van der Waals surface area contributed by atoms with Crippen molar-refractivity contribution in [3.05, 3.63) is 18.1 Å². The molecule has 0 amide bonds. The van der Waals surface area contributed by atoms with E-state index in [0.717, 1.165) is 25.3 Å².